The van der Waals surface area contributed by atoms with E-state index in [2.05, 4.69) is 51.3 Å². The van der Waals surface area contributed by atoms with E-state index in [0.717, 1.165) is 61.7 Å². The number of anilines is 1. The second kappa shape index (κ2) is 11.9. The molecule has 1 aromatic heterocycles. The van der Waals surface area contributed by atoms with Gasteiger partial charge in [-0.15, -0.1) is 0 Å². The highest BCUT2D eigenvalue weighted by atomic mass is 16.5. The molecular weight excluding hydrogens is 466 g/mol. The van der Waals surface area contributed by atoms with Crippen LogP contribution in [0.25, 0.3) is 11.3 Å². The zero-order chi connectivity index (χ0) is 25.7. The molecule has 8 nitrogen and oxygen atoms in total. The van der Waals surface area contributed by atoms with Gasteiger partial charge in [0.1, 0.15) is 0 Å². The lowest BCUT2D eigenvalue weighted by atomic mass is 9.78. The van der Waals surface area contributed by atoms with Gasteiger partial charge >= 0.3 is 0 Å². The Labute approximate surface area is 220 Å². The van der Waals surface area contributed by atoms with E-state index in [1.807, 2.05) is 12.3 Å². The number of piperidine rings is 2. The number of fused-ring (bicyclic) bond motifs is 4. The standard InChI is InChI=1S/C29H41N5O3/c1-29(12-18-33-14-10-25(29)11-15-33)32-27(35)24-8-16-34(17-9-24)28-30-13-7-26(31-28)23-5-3-22(4-6-23)21-37-20-19-36-2/h3-7,13,24-25H,8-12,14-21H2,1-2H3,(H,32,35). The molecule has 0 saturated carbocycles. The average Bonchev–Trinajstić information content (AvgIpc) is 3.19. The maximum atomic E-state index is 13.3. The fourth-order valence-corrected chi connectivity index (χ4v) is 6.04. The molecule has 5 heterocycles. The number of amides is 1. The van der Waals surface area contributed by atoms with Gasteiger partial charge in [0.2, 0.25) is 11.9 Å². The molecule has 4 fully saturated rings. The van der Waals surface area contributed by atoms with Gasteiger partial charge in [0.15, 0.2) is 0 Å². The minimum absolute atomic E-state index is 0.0654. The molecule has 4 saturated heterocycles. The Hall–Kier alpha value is -2.55. The fraction of sp³-hybridized carbons (Fsp3) is 0.621. The third-order valence-corrected chi connectivity index (χ3v) is 8.59. The summed E-state index contributed by atoms with van der Waals surface area (Å²) in [4.78, 5) is 27.5. The summed E-state index contributed by atoms with van der Waals surface area (Å²) in [6.45, 7) is 9.10. The summed E-state index contributed by atoms with van der Waals surface area (Å²) < 4.78 is 10.6. The molecule has 1 aromatic carbocycles. The first kappa shape index (κ1) is 26.1. The quantitative estimate of drug-likeness (QED) is 0.520. The van der Waals surface area contributed by atoms with E-state index >= 15 is 0 Å². The van der Waals surface area contributed by atoms with Crippen LogP contribution in [0.15, 0.2) is 36.5 Å². The molecule has 4 aliphatic heterocycles. The zero-order valence-electron chi connectivity index (χ0n) is 22.3. The zero-order valence-corrected chi connectivity index (χ0v) is 22.3. The molecular formula is C29H41N5O3. The number of rotatable bonds is 9. The summed E-state index contributed by atoms with van der Waals surface area (Å²) in [6, 6.07) is 10.3. The lowest BCUT2D eigenvalue weighted by Gasteiger charge is -2.39. The number of methoxy groups -OCH3 is 1. The molecule has 1 atom stereocenters. The molecule has 4 aliphatic rings. The van der Waals surface area contributed by atoms with Crippen molar-refractivity contribution in [3.05, 3.63) is 42.1 Å². The molecule has 0 spiro atoms. The van der Waals surface area contributed by atoms with Crippen LogP contribution >= 0.6 is 0 Å². The summed E-state index contributed by atoms with van der Waals surface area (Å²) in [6.07, 6.45) is 6.97. The first-order valence-electron chi connectivity index (χ1n) is 13.8. The van der Waals surface area contributed by atoms with E-state index in [1.165, 1.54) is 25.9 Å². The summed E-state index contributed by atoms with van der Waals surface area (Å²) in [7, 11) is 1.67. The van der Waals surface area contributed by atoms with Crippen LogP contribution in [0.5, 0.6) is 0 Å². The first-order chi connectivity index (χ1) is 18.0. The number of nitrogens with zero attached hydrogens (tertiary/aromatic N) is 4. The molecule has 37 heavy (non-hydrogen) atoms. The minimum Gasteiger partial charge on any atom is -0.382 e. The number of ether oxygens (including phenoxy) is 2. The number of nitrogens with one attached hydrogen (secondary N) is 1. The topological polar surface area (TPSA) is 79.8 Å². The molecule has 6 rings (SSSR count). The van der Waals surface area contributed by atoms with Gasteiger partial charge in [-0.25, -0.2) is 9.97 Å². The van der Waals surface area contributed by atoms with Crippen molar-refractivity contribution in [1.82, 2.24) is 20.2 Å². The average molecular weight is 508 g/mol. The summed E-state index contributed by atoms with van der Waals surface area (Å²) >= 11 is 0. The number of hydrogen-bond donors (Lipinski definition) is 1. The van der Waals surface area contributed by atoms with Crippen LogP contribution in [-0.4, -0.2) is 79.4 Å². The highest BCUT2D eigenvalue weighted by Crippen LogP contribution is 2.35. The van der Waals surface area contributed by atoms with Crippen LogP contribution in [0, 0.1) is 11.8 Å². The van der Waals surface area contributed by atoms with Gasteiger partial charge < -0.3 is 24.6 Å². The Bertz CT molecular complexity index is 1030. The number of carbonyl (C=O) groups excluding carboxylic acids is 1. The second-order valence-corrected chi connectivity index (χ2v) is 11.0. The summed E-state index contributed by atoms with van der Waals surface area (Å²) in [5.74, 6) is 1.65. The largest absolute Gasteiger partial charge is 0.382 e. The van der Waals surface area contributed by atoms with Crippen LogP contribution in [-0.2, 0) is 20.9 Å². The first-order valence-corrected chi connectivity index (χ1v) is 13.8. The Morgan fingerprint density at radius 1 is 1.03 bits per heavy atom. The third kappa shape index (κ3) is 6.30. The normalized spacial score (nSPS) is 26.2. The maximum absolute atomic E-state index is 13.3. The van der Waals surface area contributed by atoms with Crippen LogP contribution in [0.1, 0.15) is 44.6 Å². The molecule has 2 aromatic rings. The van der Waals surface area contributed by atoms with Crippen molar-refractivity contribution in [3.8, 4) is 11.3 Å². The Morgan fingerprint density at radius 2 is 1.78 bits per heavy atom. The molecule has 2 bridgehead atoms. The number of hydrogen-bond acceptors (Lipinski definition) is 7. The molecule has 1 amide bonds. The lowest BCUT2D eigenvalue weighted by molar-refractivity contribution is -0.128. The Balaban J connectivity index is 1.15. The van der Waals surface area contributed by atoms with Crippen molar-refractivity contribution < 1.29 is 14.3 Å². The minimum atomic E-state index is -0.0670. The van der Waals surface area contributed by atoms with Gasteiger partial charge in [0.25, 0.3) is 0 Å². The second-order valence-electron chi connectivity index (χ2n) is 11.0. The van der Waals surface area contributed by atoms with Crippen molar-refractivity contribution in [1.29, 1.82) is 0 Å². The van der Waals surface area contributed by atoms with E-state index in [-0.39, 0.29) is 17.4 Å². The maximum Gasteiger partial charge on any atom is 0.225 e. The van der Waals surface area contributed by atoms with E-state index < -0.39 is 0 Å². The van der Waals surface area contributed by atoms with E-state index in [4.69, 9.17) is 14.5 Å². The summed E-state index contributed by atoms with van der Waals surface area (Å²) in [5.41, 5.74) is 3.02. The Kier molecular flexibility index (Phi) is 8.37. The summed E-state index contributed by atoms with van der Waals surface area (Å²) in [5, 5.41) is 3.51. The molecule has 0 aliphatic carbocycles. The lowest BCUT2D eigenvalue weighted by Crippen LogP contribution is -2.54. The van der Waals surface area contributed by atoms with Crippen LogP contribution in [0.3, 0.4) is 0 Å². The van der Waals surface area contributed by atoms with Gasteiger partial charge in [0, 0.05) is 50.0 Å². The van der Waals surface area contributed by atoms with Gasteiger partial charge in [-0.2, -0.15) is 0 Å². The highest BCUT2D eigenvalue weighted by Gasteiger charge is 2.42. The van der Waals surface area contributed by atoms with Crippen LogP contribution in [0.2, 0.25) is 0 Å². The van der Waals surface area contributed by atoms with E-state index in [1.54, 1.807) is 7.11 Å². The van der Waals surface area contributed by atoms with Crippen LogP contribution < -0.4 is 10.2 Å². The molecule has 0 radical (unpaired) electrons. The van der Waals surface area contributed by atoms with Crippen LogP contribution in [0.4, 0.5) is 5.95 Å². The van der Waals surface area contributed by atoms with Gasteiger partial charge in [0.05, 0.1) is 25.5 Å². The van der Waals surface area contributed by atoms with Crippen molar-refractivity contribution in [2.24, 2.45) is 11.8 Å². The molecule has 200 valence electrons. The van der Waals surface area contributed by atoms with E-state index in [0.29, 0.717) is 25.7 Å². The highest BCUT2D eigenvalue weighted by molar-refractivity contribution is 5.79. The van der Waals surface area contributed by atoms with Gasteiger partial charge in [-0.3, -0.25) is 4.79 Å². The smallest absolute Gasteiger partial charge is 0.225 e. The van der Waals surface area contributed by atoms with Crippen molar-refractivity contribution in [2.45, 2.75) is 51.2 Å². The van der Waals surface area contributed by atoms with Crippen molar-refractivity contribution >= 4 is 11.9 Å². The number of aromatic nitrogens is 2. The van der Waals surface area contributed by atoms with Crippen molar-refractivity contribution in [3.63, 3.8) is 0 Å². The fourth-order valence-electron chi connectivity index (χ4n) is 6.04. The number of carbonyl (C=O) groups is 1. The monoisotopic (exact) mass is 507 g/mol. The molecule has 8 heteroatoms. The Morgan fingerprint density at radius 3 is 2.51 bits per heavy atom. The van der Waals surface area contributed by atoms with E-state index in [9.17, 15) is 4.79 Å². The SMILES string of the molecule is COCCOCc1ccc(-c2ccnc(N3CCC(C(=O)NC4(C)CCN5CCC4CC5)CC3)n2)cc1. The van der Waals surface area contributed by atoms with Crippen molar-refractivity contribution in [2.75, 3.05) is 57.9 Å². The predicted molar refractivity (Wildman–Crippen MR) is 144 cm³/mol. The molecule has 1 unspecified atom stereocenters. The third-order valence-electron chi connectivity index (χ3n) is 8.59. The van der Waals surface area contributed by atoms with Gasteiger partial charge in [-0.1, -0.05) is 24.3 Å². The molecule has 1 N–H and O–H groups in total. The number of benzene rings is 1. The van der Waals surface area contributed by atoms with Gasteiger partial charge in [-0.05, 0) is 69.7 Å². The predicted octanol–water partition coefficient (Wildman–Crippen LogP) is 3.51.